The largest absolute Gasteiger partial charge is 0.482 e. The minimum Gasteiger partial charge on any atom is -0.482 e. The molecule has 0 aliphatic rings. The molecule has 36 heavy (non-hydrogen) atoms. The number of carbonyl (C=O) groups is 1. The average Bonchev–Trinajstić information content (AvgIpc) is 3.24. The third-order valence-corrected chi connectivity index (χ3v) is 7.32. The van der Waals surface area contributed by atoms with Crippen LogP contribution in [0.3, 0.4) is 0 Å². The van der Waals surface area contributed by atoms with Crippen molar-refractivity contribution in [1.29, 1.82) is 0 Å². The Balaban J connectivity index is 1.67. The Labute approximate surface area is 211 Å². The van der Waals surface area contributed by atoms with Gasteiger partial charge in [0.2, 0.25) is 9.84 Å². The summed E-state index contributed by atoms with van der Waals surface area (Å²) >= 11 is 12.4. The molecule has 13 heteroatoms. The van der Waals surface area contributed by atoms with Gasteiger partial charge < -0.3 is 19.6 Å². The molecule has 0 aliphatic carbocycles. The fourth-order valence-corrected chi connectivity index (χ4v) is 5.26. The Kier molecular flexibility index (Phi) is 6.82. The van der Waals surface area contributed by atoms with Gasteiger partial charge in [0.1, 0.15) is 11.5 Å². The first-order chi connectivity index (χ1) is 16.9. The molecule has 0 atom stereocenters. The number of halogens is 5. The van der Waals surface area contributed by atoms with Gasteiger partial charge in [-0.15, -0.1) is 0 Å². The molecule has 0 fully saturated rings. The molecule has 3 aromatic carbocycles. The fourth-order valence-electron chi connectivity index (χ4n) is 3.29. The van der Waals surface area contributed by atoms with Gasteiger partial charge >= 0.3 is 12.1 Å². The van der Waals surface area contributed by atoms with Crippen molar-refractivity contribution in [3.63, 3.8) is 0 Å². The first-order valence-corrected chi connectivity index (χ1v) is 12.1. The van der Waals surface area contributed by atoms with Crippen molar-refractivity contribution in [3.8, 4) is 17.2 Å². The number of aromatic nitrogens is 1. The van der Waals surface area contributed by atoms with Crippen LogP contribution in [0, 0.1) is 0 Å². The molecular formula is C23H14Cl2F3NO6S. The van der Waals surface area contributed by atoms with Crippen LogP contribution in [0.5, 0.6) is 17.2 Å². The number of aromatic amines is 1. The molecule has 0 radical (unpaired) electrons. The van der Waals surface area contributed by atoms with Crippen LogP contribution in [0.25, 0.3) is 10.9 Å². The lowest BCUT2D eigenvalue weighted by molar-refractivity contribution is -0.139. The van der Waals surface area contributed by atoms with E-state index >= 15 is 0 Å². The number of sulfone groups is 1. The minimum absolute atomic E-state index is 0.00894. The summed E-state index contributed by atoms with van der Waals surface area (Å²) in [6.45, 7) is -0.604. The van der Waals surface area contributed by atoms with Crippen molar-refractivity contribution in [2.75, 3.05) is 6.61 Å². The molecule has 1 heterocycles. The van der Waals surface area contributed by atoms with Crippen LogP contribution in [-0.2, 0) is 20.8 Å². The average molecular weight is 560 g/mol. The van der Waals surface area contributed by atoms with Gasteiger partial charge in [-0.1, -0.05) is 23.2 Å². The highest BCUT2D eigenvalue weighted by atomic mass is 35.5. The zero-order valence-corrected chi connectivity index (χ0v) is 20.1. The molecule has 2 N–H and O–H groups in total. The van der Waals surface area contributed by atoms with E-state index in [0.29, 0.717) is 17.6 Å². The Bertz CT molecular complexity index is 1540. The first kappa shape index (κ1) is 25.7. The van der Waals surface area contributed by atoms with Gasteiger partial charge in [0, 0.05) is 29.2 Å². The molecule has 1 aromatic heterocycles. The molecule has 7 nitrogen and oxygen atoms in total. The molecule has 0 spiro atoms. The van der Waals surface area contributed by atoms with Gasteiger partial charge in [0.05, 0.1) is 25.4 Å². The predicted octanol–water partition coefficient (Wildman–Crippen LogP) is 6.58. The number of carboxylic acids is 1. The molecule has 0 unspecified atom stereocenters. The van der Waals surface area contributed by atoms with E-state index in [1.54, 1.807) is 6.07 Å². The summed E-state index contributed by atoms with van der Waals surface area (Å²) in [6.07, 6.45) is -3.37. The van der Waals surface area contributed by atoms with Crippen molar-refractivity contribution >= 4 is 49.9 Å². The minimum atomic E-state index is -4.60. The lowest BCUT2D eigenvalue weighted by Crippen LogP contribution is -2.09. The van der Waals surface area contributed by atoms with Crippen LogP contribution >= 0.6 is 23.2 Å². The van der Waals surface area contributed by atoms with Crippen LogP contribution in [-0.4, -0.2) is 31.1 Å². The number of carboxylic acid groups (broad SMARTS) is 1. The van der Waals surface area contributed by atoms with E-state index in [-0.39, 0.29) is 42.5 Å². The molecule has 0 saturated carbocycles. The number of rotatable bonds is 7. The molecule has 0 bridgehead atoms. The molecule has 0 saturated heterocycles. The third-order valence-electron chi connectivity index (χ3n) is 4.95. The summed E-state index contributed by atoms with van der Waals surface area (Å²) in [5.41, 5.74) is -0.536. The zero-order chi connectivity index (χ0) is 26.3. The zero-order valence-electron chi connectivity index (χ0n) is 17.8. The number of nitrogens with one attached hydrogen (secondary N) is 1. The monoisotopic (exact) mass is 559 g/mol. The van der Waals surface area contributed by atoms with Gasteiger partial charge in [-0.05, 0) is 42.5 Å². The SMILES string of the molecule is O=C(O)COc1cc(Cl)c(Oc2ccc3[nH]cc(S(=O)(=O)c4ccc(C(F)(F)F)cc4)c3c2)c(Cl)c1. The second kappa shape index (κ2) is 9.57. The topological polar surface area (TPSA) is 106 Å². The molecule has 0 aliphatic heterocycles. The summed E-state index contributed by atoms with van der Waals surface area (Å²) < 4.78 is 75.7. The number of hydrogen-bond donors (Lipinski definition) is 2. The lowest BCUT2D eigenvalue weighted by atomic mass is 10.2. The second-order valence-electron chi connectivity index (χ2n) is 7.39. The van der Waals surface area contributed by atoms with E-state index in [1.807, 2.05) is 0 Å². The fraction of sp³-hybridized carbons (Fsp3) is 0.0870. The maximum absolute atomic E-state index is 13.2. The van der Waals surface area contributed by atoms with E-state index in [0.717, 1.165) is 12.1 Å². The Morgan fingerprint density at radius 2 is 1.61 bits per heavy atom. The van der Waals surface area contributed by atoms with Crippen LogP contribution < -0.4 is 9.47 Å². The van der Waals surface area contributed by atoms with Crippen LogP contribution in [0.15, 0.2) is 70.6 Å². The van der Waals surface area contributed by atoms with E-state index in [2.05, 4.69) is 4.98 Å². The van der Waals surface area contributed by atoms with Crippen molar-refractivity contribution < 1.29 is 41.0 Å². The number of fused-ring (bicyclic) bond motifs is 1. The lowest BCUT2D eigenvalue weighted by Gasteiger charge is -2.12. The highest BCUT2D eigenvalue weighted by Gasteiger charge is 2.31. The molecule has 188 valence electrons. The Morgan fingerprint density at radius 3 is 2.19 bits per heavy atom. The molecule has 4 rings (SSSR count). The number of aliphatic carboxylic acids is 1. The predicted molar refractivity (Wildman–Crippen MR) is 125 cm³/mol. The maximum Gasteiger partial charge on any atom is 0.416 e. The highest BCUT2D eigenvalue weighted by Crippen LogP contribution is 2.41. The number of alkyl halides is 3. The summed E-state index contributed by atoms with van der Waals surface area (Å²) in [5, 5.41) is 8.96. The van der Waals surface area contributed by atoms with Crippen molar-refractivity contribution in [1.82, 2.24) is 4.98 Å². The normalized spacial score (nSPS) is 12.0. The number of ether oxygens (including phenoxy) is 2. The van der Waals surface area contributed by atoms with E-state index in [1.165, 1.54) is 30.5 Å². The van der Waals surface area contributed by atoms with Crippen molar-refractivity contribution in [2.45, 2.75) is 16.0 Å². The molecular weight excluding hydrogens is 546 g/mol. The van der Waals surface area contributed by atoms with Crippen LogP contribution in [0.2, 0.25) is 10.0 Å². The summed E-state index contributed by atoms with van der Waals surface area (Å²) in [5.74, 6) is -0.910. The number of hydrogen-bond acceptors (Lipinski definition) is 5. The van der Waals surface area contributed by atoms with Gasteiger partial charge in [-0.3, -0.25) is 0 Å². The number of benzene rings is 3. The summed E-state index contributed by atoms with van der Waals surface area (Å²) in [6, 6.07) is 10.3. The van der Waals surface area contributed by atoms with Crippen molar-refractivity contribution in [2.24, 2.45) is 0 Å². The first-order valence-electron chi connectivity index (χ1n) is 9.91. The Hall–Kier alpha value is -3.41. The highest BCUT2D eigenvalue weighted by molar-refractivity contribution is 7.91. The smallest absolute Gasteiger partial charge is 0.416 e. The van der Waals surface area contributed by atoms with E-state index < -0.39 is 34.2 Å². The third kappa shape index (κ3) is 5.23. The molecule has 0 amide bonds. The standard InChI is InChI=1S/C23H14Cl2F3NO6S/c24-17-8-14(34-11-21(30)31)9-18(25)22(17)35-13-3-6-19-16(7-13)20(10-29-19)36(32,33)15-4-1-12(2-5-15)23(26,27)28/h1-10,29H,11H2,(H,30,31). The summed E-state index contributed by atoms with van der Waals surface area (Å²) in [4.78, 5) is 13.0. The van der Waals surface area contributed by atoms with Crippen molar-refractivity contribution in [3.05, 3.63) is 76.4 Å². The second-order valence-corrected chi connectivity index (χ2v) is 10.1. The van der Waals surface area contributed by atoms with Gasteiger partial charge in [-0.2, -0.15) is 13.2 Å². The van der Waals surface area contributed by atoms with E-state index in [4.69, 9.17) is 37.8 Å². The molecule has 4 aromatic rings. The number of H-pyrrole nitrogens is 1. The maximum atomic E-state index is 13.2. The van der Waals surface area contributed by atoms with Gasteiger partial charge in [0.25, 0.3) is 0 Å². The van der Waals surface area contributed by atoms with Gasteiger partial charge in [-0.25, -0.2) is 13.2 Å². The van der Waals surface area contributed by atoms with Crippen LogP contribution in [0.4, 0.5) is 13.2 Å². The summed E-state index contributed by atoms with van der Waals surface area (Å²) in [7, 11) is -4.18. The quantitative estimate of drug-likeness (QED) is 0.265. The Morgan fingerprint density at radius 1 is 0.972 bits per heavy atom. The van der Waals surface area contributed by atoms with Crippen LogP contribution in [0.1, 0.15) is 5.56 Å². The van der Waals surface area contributed by atoms with Gasteiger partial charge in [0.15, 0.2) is 12.4 Å². The van der Waals surface area contributed by atoms with E-state index in [9.17, 15) is 26.4 Å².